The highest BCUT2D eigenvalue weighted by atomic mass is 32.1. The maximum absolute atomic E-state index is 9.68. The molecule has 0 aliphatic rings. The van der Waals surface area contributed by atoms with Gasteiger partial charge in [-0.25, -0.2) is 0 Å². The van der Waals surface area contributed by atoms with Gasteiger partial charge in [0.15, 0.2) is 0 Å². The van der Waals surface area contributed by atoms with E-state index in [9.17, 15) is 5.73 Å². The summed E-state index contributed by atoms with van der Waals surface area (Å²) >= 11 is 1.49. The summed E-state index contributed by atoms with van der Waals surface area (Å²) in [7, 11) is 0. The number of hydrogen-bond donors (Lipinski definition) is 0. The van der Waals surface area contributed by atoms with Crippen molar-refractivity contribution in [3.8, 4) is 0 Å². The molecule has 2 heteroatoms. The topological polar surface area (TPSA) is 22.3 Å². The third kappa shape index (κ3) is 3.02. The third-order valence-electron chi connectivity index (χ3n) is 2.54. The Morgan fingerprint density at radius 3 is 2.43 bits per heavy atom. The van der Waals surface area contributed by atoms with E-state index in [1.165, 1.54) is 48.1 Å². The van der Waals surface area contributed by atoms with Gasteiger partial charge in [0.05, 0.1) is 0 Å². The van der Waals surface area contributed by atoms with Crippen LogP contribution in [0.3, 0.4) is 0 Å². The Hall–Kier alpha value is -0.500. The second-order valence-electron chi connectivity index (χ2n) is 3.75. The van der Waals surface area contributed by atoms with Gasteiger partial charge >= 0.3 is 0 Å². The fourth-order valence-corrected chi connectivity index (χ4v) is 2.49. The quantitative estimate of drug-likeness (QED) is 0.672. The zero-order valence-corrected chi connectivity index (χ0v) is 9.99. The van der Waals surface area contributed by atoms with Gasteiger partial charge in [-0.05, 0) is 42.2 Å². The molecule has 14 heavy (non-hydrogen) atoms. The second kappa shape index (κ2) is 6.07. The standard InChI is InChI=1S/C12H19NS/c1-3-5-7-10-9-14-12(13)11(10)8-6-4-2/h9H,3-8H2,1-2H3. The average Bonchev–Trinajstić information content (AvgIpc) is 2.53. The first-order valence-corrected chi connectivity index (χ1v) is 6.45. The Kier molecular flexibility index (Phi) is 5.02. The van der Waals surface area contributed by atoms with E-state index in [-0.39, 0.29) is 0 Å². The van der Waals surface area contributed by atoms with Crippen LogP contribution in [0, 0.1) is 0 Å². The number of thiophene rings is 1. The number of nitrogens with zero attached hydrogens (tertiary/aromatic N) is 1. The normalized spacial score (nSPS) is 10.7. The summed E-state index contributed by atoms with van der Waals surface area (Å²) in [5.41, 5.74) is 12.3. The fraction of sp³-hybridized carbons (Fsp3) is 0.667. The molecule has 1 rings (SSSR count). The fourth-order valence-electron chi connectivity index (χ4n) is 1.60. The van der Waals surface area contributed by atoms with Crippen LogP contribution >= 0.6 is 11.3 Å². The highest BCUT2D eigenvalue weighted by Gasteiger charge is 2.09. The summed E-state index contributed by atoms with van der Waals surface area (Å²) < 4.78 is 0. The van der Waals surface area contributed by atoms with Gasteiger partial charge in [0.1, 0.15) is 5.00 Å². The summed E-state index contributed by atoms with van der Waals surface area (Å²) in [6.45, 7) is 4.40. The molecule has 0 aromatic carbocycles. The summed E-state index contributed by atoms with van der Waals surface area (Å²) in [5, 5.41) is 2.67. The van der Waals surface area contributed by atoms with Crippen molar-refractivity contribution in [3.05, 3.63) is 16.5 Å². The van der Waals surface area contributed by atoms with Crippen LogP contribution in [0.15, 0.2) is 5.38 Å². The van der Waals surface area contributed by atoms with Crippen molar-refractivity contribution in [3.63, 3.8) is 0 Å². The second-order valence-corrected chi connectivity index (χ2v) is 4.61. The van der Waals surface area contributed by atoms with E-state index in [1.54, 1.807) is 0 Å². The van der Waals surface area contributed by atoms with Crippen molar-refractivity contribution in [2.45, 2.75) is 52.4 Å². The van der Waals surface area contributed by atoms with E-state index in [2.05, 4.69) is 19.2 Å². The number of unbranched alkanes of at least 4 members (excludes halogenated alkanes) is 2. The molecule has 0 bridgehead atoms. The summed E-state index contributed by atoms with van der Waals surface area (Å²) in [6.07, 6.45) is 7.02. The van der Waals surface area contributed by atoms with Crippen LogP contribution in [0.4, 0.5) is 5.00 Å². The van der Waals surface area contributed by atoms with E-state index in [0.717, 1.165) is 12.8 Å². The van der Waals surface area contributed by atoms with Crippen molar-refractivity contribution in [2.24, 2.45) is 0 Å². The first-order valence-electron chi connectivity index (χ1n) is 5.57. The van der Waals surface area contributed by atoms with Crippen LogP contribution in [-0.2, 0) is 12.8 Å². The number of rotatable bonds is 6. The minimum Gasteiger partial charge on any atom is -0.138 e. The predicted molar refractivity (Wildman–Crippen MR) is 63.3 cm³/mol. The lowest BCUT2D eigenvalue weighted by Crippen LogP contribution is -1.91. The molecule has 78 valence electrons. The zero-order valence-electron chi connectivity index (χ0n) is 9.18. The average molecular weight is 209 g/mol. The molecule has 0 amide bonds. The monoisotopic (exact) mass is 209 g/mol. The van der Waals surface area contributed by atoms with Gasteiger partial charge < -0.3 is 0 Å². The van der Waals surface area contributed by atoms with Crippen molar-refractivity contribution in [2.75, 3.05) is 0 Å². The van der Waals surface area contributed by atoms with Crippen LogP contribution in [0.1, 0.15) is 50.7 Å². The third-order valence-corrected chi connectivity index (χ3v) is 3.41. The lowest BCUT2D eigenvalue weighted by molar-refractivity contribution is 0.762. The van der Waals surface area contributed by atoms with Gasteiger partial charge in [-0.2, -0.15) is 0 Å². The van der Waals surface area contributed by atoms with Crippen LogP contribution in [0.25, 0.3) is 0 Å². The lowest BCUT2D eigenvalue weighted by atomic mass is 10.0. The van der Waals surface area contributed by atoms with Crippen molar-refractivity contribution >= 4 is 16.3 Å². The van der Waals surface area contributed by atoms with Crippen LogP contribution in [0.2, 0.25) is 0 Å². The zero-order chi connectivity index (χ0) is 10.4. The summed E-state index contributed by atoms with van der Waals surface area (Å²) in [4.78, 5) is 0. The molecule has 1 aromatic rings. The lowest BCUT2D eigenvalue weighted by Gasteiger charge is -2.02. The Balaban J connectivity index is 2.62. The molecule has 2 radical (unpaired) electrons. The molecule has 0 fully saturated rings. The Morgan fingerprint density at radius 1 is 1.14 bits per heavy atom. The smallest absolute Gasteiger partial charge is 0.138 e. The Bertz CT molecular complexity index is 265. The van der Waals surface area contributed by atoms with Crippen molar-refractivity contribution in [1.29, 1.82) is 0 Å². The molecular formula is C12H19NS. The van der Waals surface area contributed by atoms with Gasteiger partial charge in [0.2, 0.25) is 0 Å². The van der Waals surface area contributed by atoms with E-state index >= 15 is 0 Å². The molecule has 0 spiro atoms. The molecule has 0 N–H and O–H groups in total. The maximum atomic E-state index is 9.68. The van der Waals surface area contributed by atoms with Crippen molar-refractivity contribution in [1.82, 2.24) is 5.73 Å². The largest absolute Gasteiger partial charge is 0.142 e. The molecule has 0 aliphatic heterocycles. The highest BCUT2D eigenvalue weighted by molar-refractivity contribution is 7.14. The summed E-state index contributed by atoms with van der Waals surface area (Å²) in [6, 6.07) is 0. The SMILES string of the molecule is CCCCc1csc([N])c1CCCC. The van der Waals surface area contributed by atoms with Gasteiger partial charge in [-0.1, -0.05) is 26.7 Å². The van der Waals surface area contributed by atoms with Crippen LogP contribution < -0.4 is 5.73 Å². The van der Waals surface area contributed by atoms with E-state index in [4.69, 9.17) is 0 Å². The Labute approximate surface area is 91.3 Å². The molecule has 0 saturated carbocycles. The molecule has 0 atom stereocenters. The highest BCUT2D eigenvalue weighted by Crippen LogP contribution is 2.29. The minimum absolute atomic E-state index is 0.546. The van der Waals surface area contributed by atoms with Gasteiger partial charge in [0.25, 0.3) is 0 Å². The molecule has 0 aliphatic carbocycles. The van der Waals surface area contributed by atoms with Crippen LogP contribution in [0.5, 0.6) is 0 Å². The number of hydrogen-bond acceptors (Lipinski definition) is 1. The molecular weight excluding hydrogens is 190 g/mol. The first-order chi connectivity index (χ1) is 6.79. The first kappa shape index (κ1) is 11.6. The molecule has 0 unspecified atom stereocenters. The minimum atomic E-state index is 0.546. The number of aryl methyl sites for hydroxylation is 1. The van der Waals surface area contributed by atoms with Crippen molar-refractivity contribution < 1.29 is 0 Å². The van der Waals surface area contributed by atoms with E-state index in [0.29, 0.717) is 5.00 Å². The maximum Gasteiger partial charge on any atom is 0.142 e. The van der Waals surface area contributed by atoms with Gasteiger partial charge in [0, 0.05) is 0 Å². The molecule has 1 aromatic heterocycles. The van der Waals surface area contributed by atoms with E-state index in [1.807, 2.05) is 0 Å². The predicted octanol–water partition coefficient (Wildman–Crippen LogP) is 4.13. The molecule has 1 heterocycles. The van der Waals surface area contributed by atoms with Crippen LogP contribution in [-0.4, -0.2) is 0 Å². The molecule has 1 nitrogen and oxygen atoms in total. The summed E-state index contributed by atoms with van der Waals surface area (Å²) in [5.74, 6) is 0. The molecule has 0 saturated heterocycles. The van der Waals surface area contributed by atoms with Gasteiger partial charge in [-0.15, -0.1) is 17.1 Å². The van der Waals surface area contributed by atoms with Gasteiger partial charge in [-0.3, -0.25) is 0 Å². The van der Waals surface area contributed by atoms with E-state index < -0.39 is 0 Å². The Morgan fingerprint density at radius 2 is 1.79 bits per heavy atom.